The third-order valence-corrected chi connectivity index (χ3v) is 1.70. The van der Waals surface area contributed by atoms with Gasteiger partial charge in [0, 0.05) is 0 Å². The Morgan fingerprint density at radius 3 is 2.83 bits per heavy atom. The van der Waals surface area contributed by atoms with Crippen LogP contribution in [0, 0.1) is 0 Å². The predicted molar refractivity (Wildman–Crippen MR) is 41.4 cm³/mol. The van der Waals surface area contributed by atoms with Crippen molar-refractivity contribution in [3.63, 3.8) is 0 Å². The Morgan fingerprint density at radius 1 is 1.33 bits per heavy atom. The molecule has 1 aromatic heterocycles. The van der Waals surface area contributed by atoms with Crippen molar-refractivity contribution in [2.45, 2.75) is 6.54 Å². The normalized spacial score (nSPS) is 18.0. The number of hydrazine groups is 2. The molecule has 0 aliphatic carbocycles. The summed E-state index contributed by atoms with van der Waals surface area (Å²) >= 11 is 0. The van der Waals surface area contributed by atoms with Gasteiger partial charge in [0.05, 0.1) is 6.54 Å². The minimum atomic E-state index is 0.362. The van der Waals surface area contributed by atoms with Crippen LogP contribution in [0.5, 0.6) is 0 Å². The van der Waals surface area contributed by atoms with Crippen LogP contribution >= 0.6 is 0 Å². The maximum atomic E-state index is 5.57. The fraction of sp³-hybridized carbons (Fsp3) is 0.500. The van der Waals surface area contributed by atoms with Gasteiger partial charge in [-0.25, -0.2) is 16.0 Å². The lowest BCUT2D eigenvalue weighted by molar-refractivity contribution is 0.205. The topological polar surface area (TPSA) is 115 Å². The fourth-order valence-corrected chi connectivity index (χ4v) is 1.14. The summed E-state index contributed by atoms with van der Waals surface area (Å²) in [4.78, 5) is 1.44. The highest BCUT2D eigenvalue weighted by atomic mass is 15.8. The van der Waals surface area contributed by atoms with Gasteiger partial charge in [-0.15, -0.1) is 9.89 Å². The number of rotatable bonds is 0. The van der Waals surface area contributed by atoms with Gasteiger partial charge < -0.3 is 5.73 Å². The first kappa shape index (κ1) is 7.28. The lowest BCUT2D eigenvalue weighted by Crippen LogP contribution is -2.56. The van der Waals surface area contributed by atoms with Gasteiger partial charge >= 0.3 is 0 Å². The molecule has 1 aliphatic rings. The highest BCUT2D eigenvalue weighted by Crippen LogP contribution is 2.12. The van der Waals surface area contributed by atoms with Crippen LogP contribution in [-0.2, 0) is 6.54 Å². The van der Waals surface area contributed by atoms with E-state index in [1.54, 1.807) is 0 Å². The van der Waals surface area contributed by atoms with Crippen molar-refractivity contribution < 1.29 is 0 Å². The average molecular weight is 170 g/mol. The van der Waals surface area contributed by atoms with E-state index in [-0.39, 0.29) is 0 Å². The molecular formula is C4H10N8. The Bertz CT molecular complexity index is 291. The molecule has 12 heavy (non-hydrogen) atoms. The van der Waals surface area contributed by atoms with E-state index >= 15 is 0 Å². The molecule has 1 aromatic rings. The van der Waals surface area contributed by atoms with Gasteiger partial charge in [-0.3, -0.25) is 5.84 Å². The summed E-state index contributed by atoms with van der Waals surface area (Å²) in [5, 5.41) is 10.3. The van der Waals surface area contributed by atoms with Gasteiger partial charge in [0.2, 0.25) is 0 Å². The Hall–Kier alpha value is -1.38. The van der Waals surface area contributed by atoms with E-state index in [0.717, 1.165) is 0 Å². The van der Waals surface area contributed by atoms with Crippen molar-refractivity contribution in [2.24, 2.45) is 11.7 Å². The molecule has 0 bridgehead atoms. The van der Waals surface area contributed by atoms with Crippen LogP contribution in [0.15, 0.2) is 0 Å². The molecule has 8 heteroatoms. The SMILES string of the molecule is Nc1nnn2c1CN(N)CN2N. The Labute approximate surface area is 68.4 Å². The summed E-state index contributed by atoms with van der Waals surface area (Å²) < 4.78 is 0. The van der Waals surface area contributed by atoms with Crippen LogP contribution in [-0.4, -0.2) is 26.8 Å². The maximum Gasteiger partial charge on any atom is 0.172 e. The summed E-state index contributed by atoms with van der Waals surface area (Å²) in [5.74, 6) is 11.5. The zero-order valence-corrected chi connectivity index (χ0v) is 6.38. The molecule has 0 spiro atoms. The number of nitrogens with two attached hydrogens (primary N) is 3. The lowest BCUT2D eigenvalue weighted by atomic mass is 10.4. The molecule has 0 saturated carbocycles. The first-order valence-corrected chi connectivity index (χ1v) is 3.40. The molecule has 0 fully saturated rings. The summed E-state index contributed by atoms with van der Waals surface area (Å²) in [6, 6.07) is 0. The monoisotopic (exact) mass is 170 g/mol. The van der Waals surface area contributed by atoms with E-state index in [9.17, 15) is 0 Å². The van der Waals surface area contributed by atoms with E-state index in [1.807, 2.05) is 0 Å². The highest BCUT2D eigenvalue weighted by Gasteiger charge is 2.22. The van der Waals surface area contributed by atoms with Crippen molar-refractivity contribution in [3.8, 4) is 0 Å². The molecule has 2 heterocycles. The molecular weight excluding hydrogens is 160 g/mol. The Kier molecular flexibility index (Phi) is 1.40. The molecule has 8 nitrogen and oxygen atoms in total. The number of nitrogens with zero attached hydrogens (tertiary/aromatic N) is 5. The number of fused-ring (bicyclic) bond motifs is 1. The van der Waals surface area contributed by atoms with Gasteiger partial charge in [-0.2, -0.15) is 0 Å². The van der Waals surface area contributed by atoms with Crippen molar-refractivity contribution >= 4 is 5.82 Å². The quantitative estimate of drug-likeness (QED) is 0.363. The summed E-state index contributed by atoms with van der Waals surface area (Å²) in [6.07, 6.45) is 0. The molecule has 0 atom stereocenters. The van der Waals surface area contributed by atoms with Crippen LogP contribution in [0.1, 0.15) is 5.69 Å². The van der Waals surface area contributed by atoms with E-state index in [1.165, 1.54) is 14.9 Å². The minimum absolute atomic E-state index is 0.362. The summed E-state index contributed by atoms with van der Waals surface area (Å²) in [6.45, 7) is 0.905. The van der Waals surface area contributed by atoms with Gasteiger partial charge in [0.15, 0.2) is 5.82 Å². The first-order chi connectivity index (χ1) is 5.68. The maximum absolute atomic E-state index is 5.57. The Morgan fingerprint density at radius 2 is 2.08 bits per heavy atom. The molecule has 0 saturated heterocycles. The van der Waals surface area contributed by atoms with Gasteiger partial charge in [-0.1, -0.05) is 0 Å². The van der Waals surface area contributed by atoms with Crippen LogP contribution in [0.4, 0.5) is 5.82 Å². The number of hydrogen-bond acceptors (Lipinski definition) is 7. The molecule has 0 amide bonds. The predicted octanol–water partition coefficient (Wildman–Crippen LogP) is -2.68. The summed E-state index contributed by atoms with van der Waals surface area (Å²) in [7, 11) is 0. The molecule has 0 unspecified atom stereocenters. The van der Waals surface area contributed by atoms with Gasteiger partial charge in [0.1, 0.15) is 12.4 Å². The zero-order valence-electron chi connectivity index (χ0n) is 6.38. The van der Waals surface area contributed by atoms with Gasteiger partial charge in [0.25, 0.3) is 0 Å². The van der Waals surface area contributed by atoms with Crippen molar-refractivity contribution in [1.82, 2.24) is 20.1 Å². The number of aromatic nitrogens is 3. The second-order valence-electron chi connectivity index (χ2n) is 2.64. The van der Waals surface area contributed by atoms with Crippen LogP contribution in [0.25, 0.3) is 0 Å². The van der Waals surface area contributed by atoms with E-state index < -0.39 is 0 Å². The third kappa shape index (κ3) is 0.897. The molecule has 6 N–H and O–H groups in total. The fourth-order valence-electron chi connectivity index (χ4n) is 1.14. The number of hydrogen-bond donors (Lipinski definition) is 3. The van der Waals surface area contributed by atoms with Crippen molar-refractivity contribution in [3.05, 3.63) is 5.69 Å². The number of anilines is 1. The first-order valence-electron chi connectivity index (χ1n) is 3.40. The molecule has 0 radical (unpaired) electrons. The standard InChI is InChI=1S/C4H10N8/c5-4-3-1-10(6)2-11(7)12(3)9-8-4/h1-2,5-7H2. The van der Waals surface area contributed by atoms with E-state index in [0.29, 0.717) is 24.7 Å². The molecule has 0 aromatic carbocycles. The van der Waals surface area contributed by atoms with Crippen molar-refractivity contribution in [2.75, 3.05) is 17.5 Å². The molecule has 2 rings (SSSR count). The van der Waals surface area contributed by atoms with Crippen LogP contribution in [0.3, 0.4) is 0 Å². The second kappa shape index (κ2) is 2.30. The third-order valence-electron chi connectivity index (χ3n) is 1.70. The minimum Gasteiger partial charge on any atom is -0.381 e. The largest absolute Gasteiger partial charge is 0.381 e. The zero-order chi connectivity index (χ0) is 8.72. The Balaban J connectivity index is 2.43. The lowest BCUT2D eigenvalue weighted by Gasteiger charge is -2.30. The van der Waals surface area contributed by atoms with E-state index in [4.69, 9.17) is 17.4 Å². The van der Waals surface area contributed by atoms with Crippen LogP contribution < -0.4 is 22.5 Å². The molecule has 1 aliphatic heterocycles. The smallest absolute Gasteiger partial charge is 0.172 e. The highest BCUT2D eigenvalue weighted by molar-refractivity contribution is 5.33. The van der Waals surface area contributed by atoms with E-state index in [2.05, 4.69) is 10.3 Å². The van der Waals surface area contributed by atoms with Gasteiger partial charge in [-0.05, 0) is 5.21 Å². The second-order valence-corrected chi connectivity index (χ2v) is 2.64. The average Bonchev–Trinajstić information content (AvgIpc) is 2.33. The van der Waals surface area contributed by atoms with Crippen molar-refractivity contribution in [1.29, 1.82) is 0 Å². The molecule has 66 valence electrons. The number of nitrogen functional groups attached to an aromatic ring is 1. The van der Waals surface area contributed by atoms with Crippen LogP contribution in [0.2, 0.25) is 0 Å². The summed E-state index contributed by atoms with van der Waals surface area (Å²) in [5.41, 5.74) is 6.24.